The van der Waals surface area contributed by atoms with Gasteiger partial charge in [0.15, 0.2) is 0 Å². The molecule has 0 saturated heterocycles. The van der Waals surface area contributed by atoms with Crippen molar-refractivity contribution in [3.05, 3.63) is 44.0 Å². The standard InChI is InChI=1S/C7H4N2O6.C5H12O/c10-7(11)4-1-5(8(12)13)3-6(2-4)9(14)15;1-5(2,3)4-6/h1-3H,(H,10,11);6H,4H2,1-3H3. The molecule has 1 aromatic carbocycles. The number of hydrogen-bond acceptors (Lipinski definition) is 6. The fraction of sp³-hybridized carbons (Fsp3) is 0.417. The van der Waals surface area contributed by atoms with E-state index in [9.17, 15) is 25.0 Å². The summed E-state index contributed by atoms with van der Waals surface area (Å²) < 4.78 is 0. The van der Waals surface area contributed by atoms with Gasteiger partial charge in [-0.15, -0.1) is 0 Å². The summed E-state index contributed by atoms with van der Waals surface area (Å²) in [4.78, 5) is 29.4. The van der Waals surface area contributed by atoms with Crippen molar-refractivity contribution in [1.29, 1.82) is 0 Å². The Balaban J connectivity index is 0.000000567. The zero-order chi connectivity index (χ0) is 16.8. The second-order valence-corrected chi connectivity index (χ2v) is 5.28. The minimum atomic E-state index is -1.46. The summed E-state index contributed by atoms with van der Waals surface area (Å²) in [6.07, 6.45) is 0. The van der Waals surface area contributed by atoms with Crippen LogP contribution in [0.2, 0.25) is 0 Å². The molecule has 0 heterocycles. The lowest BCUT2D eigenvalue weighted by atomic mass is 9.99. The maximum Gasteiger partial charge on any atom is 0.336 e. The number of carbonyl (C=O) groups is 1. The number of hydrogen-bond donors (Lipinski definition) is 2. The van der Waals surface area contributed by atoms with Crippen LogP contribution in [0, 0.1) is 25.6 Å². The molecule has 9 nitrogen and oxygen atoms in total. The van der Waals surface area contributed by atoms with Gasteiger partial charge in [-0.2, -0.15) is 0 Å². The number of nitro groups is 2. The van der Waals surface area contributed by atoms with E-state index in [0.29, 0.717) is 6.07 Å². The van der Waals surface area contributed by atoms with Crippen molar-refractivity contribution in [1.82, 2.24) is 0 Å². The smallest absolute Gasteiger partial charge is 0.336 e. The first-order valence-corrected chi connectivity index (χ1v) is 5.76. The largest absolute Gasteiger partial charge is 0.478 e. The van der Waals surface area contributed by atoms with Crippen molar-refractivity contribution in [2.24, 2.45) is 5.41 Å². The minimum absolute atomic E-state index is 0.0972. The number of benzene rings is 1. The third kappa shape index (κ3) is 6.97. The predicted molar refractivity (Wildman–Crippen MR) is 73.3 cm³/mol. The van der Waals surface area contributed by atoms with Crippen molar-refractivity contribution >= 4 is 17.3 Å². The van der Waals surface area contributed by atoms with E-state index in [1.54, 1.807) is 0 Å². The Bertz CT molecular complexity index is 470. The maximum atomic E-state index is 10.5. The van der Waals surface area contributed by atoms with Gasteiger partial charge in [0, 0.05) is 18.7 Å². The van der Waals surface area contributed by atoms with Crippen molar-refractivity contribution in [3.63, 3.8) is 0 Å². The number of nitro benzene ring substituents is 2. The maximum absolute atomic E-state index is 10.5. The topological polar surface area (TPSA) is 144 Å². The number of aliphatic hydroxyl groups is 1. The lowest BCUT2D eigenvalue weighted by Crippen LogP contribution is -2.09. The molecule has 0 spiro atoms. The fourth-order valence-electron chi connectivity index (χ4n) is 0.929. The fourth-order valence-corrected chi connectivity index (χ4v) is 0.929. The van der Waals surface area contributed by atoms with E-state index in [0.717, 1.165) is 12.1 Å². The van der Waals surface area contributed by atoms with Crippen LogP contribution < -0.4 is 0 Å². The summed E-state index contributed by atoms with van der Waals surface area (Å²) in [5.74, 6) is -1.46. The Morgan fingerprint density at radius 2 is 1.43 bits per heavy atom. The third-order valence-electron chi connectivity index (χ3n) is 2.05. The van der Waals surface area contributed by atoms with Crippen LogP contribution in [0.1, 0.15) is 31.1 Å². The molecule has 1 rings (SSSR count). The molecule has 9 heteroatoms. The van der Waals surface area contributed by atoms with Crippen LogP contribution in [0.4, 0.5) is 11.4 Å². The summed E-state index contributed by atoms with van der Waals surface area (Å²) in [5.41, 5.74) is -1.64. The quantitative estimate of drug-likeness (QED) is 0.643. The zero-order valence-electron chi connectivity index (χ0n) is 11.8. The van der Waals surface area contributed by atoms with Crippen LogP contribution in [0.15, 0.2) is 18.2 Å². The van der Waals surface area contributed by atoms with Gasteiger partial charge >= 0.3 is 5.97 Å². The van der Waals surface area contributed by atoms with E-state index in [4.69, 9.17) is 10.2 Å². The third-order valence-corrected chi connectivity index (χ3v) is 2.05. The molecular weight excluding hydrogens is 284 g/mol. The average molecular weight is 300 g/mol. The first-order valence-electron chi connectivity index (χ1n) is 5.76. The van der Waals surface area contributed by atoms with E-state index in [1.165, 1.54) is 0 Å². The summed E-state index contributed by atoms with van der Waals surface area (Å²) >= 11 is 0. The molecule has 0 saturated carbocycles. The molecule has 0 amide bonds. The van der Waals surface area contributed by atoms with Crippen LogP contribution in [-0.2, 0) is 0 Å². The highest BCUT2D eigenvalue weighted by Gasteiger charge is 2.19. The SMILES string of the molecule is CC(C)(C)CO.O=C(O)c1cc([N+](=O)[O-])cc([N+](=O)[O-])c1. The summed E-state index contributed by atoms with van der Waals surface area (Å²) in [6.45, 7) is 6.25. The molecule has 0 aliphatic heterocycles. The normalized spacial score (nSPS) is 10.3. The number of rotatable bonds is 3. The number of carboxylic acid groups (broad SMARTS) is 1. The molecule has 0 aromatic heterocycles. The minimum Gasteiger partial charge on any atom is -0.478 e. The highest BCUT2D eigenvalue weighted by molar-refractivity contribution is 5.89. The van der Waals surface area contributed by atoms with E-state index >= 15 is 0 Å². The van der Waals surface area contributed by atoms with E-state index in [1.807, 2.05) is 20.8 Å². The highest BCUT2D eigenvalue weighted by Crippen LogP contribution is 2.22. The Morgan fingerprint density at radius 3 is 1.62 bits per heavy atom. The predicted octanol–water partition coefficient (Wildman–Crippen LogP) is 2.23. The van der Waals surface area contributed by atoms with Gasteiger partial charge in [-0.25, -0.2) is 4.79 Å². The molecule has 0 atom stereocenters. The molecule has 0 fully saturated rings. The van der Waals surface area contributed by atoms with Gasteiger partial charge in [-0.05, 0) is 5.41 Å². The molecule has 21 heavy (non-hydrogen) atoms. The number of aromatic carboxylic acids is 1. The molecule has 0 aliphatic rings. The highest BCUT2D eigenvalue weighted by atomic mass is 16.6. The van der Waals surface area contributed by atoms with Crippen LogP contribution >= 0.6 is 0 Å². The second-order valence-electron chi connectivity index (χ2n) is 5.28. The first-order chi connectivity index (χ1) is 9.47. The second kappa shape index (κ2) is 7.29. The average Bonchev–Trinajstić information content (AvgIpc) is 2.37. The Morgan fingerprint density at radius 1 is 1.10 bits per heavy atom. The van der Waals surface area contributed by atoms with Crippen LogP contribution in [0.25, 0.3) is 0 Å². The Hall–Kier alpha value is -2.55. The van der Waals surface area contributed by atoms with Crippen LogP contribution in [-0.4, -0.2) is 32.6 Å². The van der Waals surface area contributed by atoms with Gasteiger partial charge in [-0.1, -0.05) is 20.8 Å². The monoisotopic (exact) mass is 300 g/mol. The number of carboxylic acids is 1. The van der Waals surface area contributed by atoms with Gasteiger partial charge in [0.2, 0.25) is 0 Å². The summed E-state index contributed by atoms with van der Waals surface area (Å²) in [6, 6.07) is 2.22. The van der Waals surface area contributed by atoms with Crippen molar-refractivity contribution in [2.75, 3.05) is 6.61 Å². The van der Waals surface area contributed by atoms with Gasteiger partial charge in [0.05, 0.1) is 21.5 Å². The number of non-ortho nitro benzene ring substituents is 2. The molecule has 1 aromatic rings. The lowest BCUT2D eigenvalue weighted by molar-refractivity contribution is -0.394. The van der Waals surface area contributed by atoms with Crippen molar-refractivity contribution in [3.8, 4) is 0 Å². The van der Waals surface area contributed by atoms with Gasteiger partial charge < -0.3 is 10.2 Å². The van der Waals surface area contributed by atoms with E-state index < -0.39 is 32.8 Å². The van der Waals surface area contributed by atoms with Crippen molar-refractivity contribution < 1.29 is 24.9 Å². The van der Waals surface area contributed by atoms with E-state index in [2.05, 4.69) is 0 Å². The van der Waals surface area contributed by atoms with Crippen molar-refractivity contribution in [2.45, 2.75) is 20.8 Å². The summed E-state index contributed by atoms with van der Waals surface area (Å²) in [7, 11) is 0. The summed E-state index contributed by atoms with van der Waals surface area (Å²) in [5, 5.41) is 37.6. The van der Waals surface area contributed by atoms with Gasteiger partial charge in [0.25, 0.3) is 11.4 Å². The zero-order valence-corrected chi connectivity index (χ0v) is 11.8. The Labute approximate surface area is 120 Å². The van der Waals surface area contributed by atoms with Crippen LogP contribution in [0.5, 0.6) is 0 Å². The molecule has 0 aliphatic carbocycles. The first kappa shape index (κ1) is 18.4. The van der Waals surface area contributed by atoms with Gasteiger partial charge in [0.1, 0.15) is 0 Å². The lowest BCUT2D eigenvalue weighted by Gasteiger charge is -2.11. The Kier molecular flexibility index (Phi) is 6.41. The number of nitrogens with zero attached hydrogens (tertiary/aromatic N) is 2. The molecule has 0 bridgehead atoms. The van der Waals surface area contributed by atoms with E-state index in [-0.39, 0.29) is 12.0 Å². The molecule has 116 valence electrons. The molecular formula is C12H16N2O7. The van der Waals surface area contributed by atoms with Gasteiger partial charge in [-0.3, -0.25) is 20.2 Å². The van der Waals surface area contributed by atoms with Crippen LogP contribution in [0.3, 0.4) is 0 Å². The molecule has 2 N–H and O–H groups in total. The number of aliphatic hydroxyl groups excluding tert-OH is 1. The molecule has 0 unspecified atom stereocenters. The molecule has 0 radical (unpaired) electrons.